The quantitative estimate of drug-likeness (QED) is 0.736. The van der Waals surface area contributed by atoms with Gasteiger partial charge in [-0.3, -0.25) is 4.79 Å². The fourth-order valence-electron chi connectivity index (χ4n) is 1.75. The van der Waals surface area contributed by atoms with Gasteiger partial charge in [-0.25, -0.2) is 4.79 Å². The fourth-order valence-corrected chi connectivity index (χ4v) is 1.75. The van der Waals surface area contributed by atoms with Crippen molar-refractivity contribution in [1.29, 1.82) is 0 Å². The summed E-state index contributed by atoms with van der Waals surface area (Å²) in [5, 5.41) is 2.74. The Balaban J connectivity index is 3.11. The number of carbonyl (C=O) groups excluding carboxylic acids is 2. The first-order valence-corrected chi connectivity index (χ1v) is 8.09. The Kier molecular flexibility index (Phi) is 7.22. The number of carbonyl (C=O) groups is 2. The average Bonchev–Trinajstić information content (AvgIpc) is 2.56. The SMILES string of the molecule is CCOC(=O)c1cc(NC(=O)C(C)(C)OC)ccc1O[C@H](C)CC. The average molecular weight is 337 g/mol. The molecular weight excluding hydrogens is 310 g/mol. The summed E-state index contributed by atoms with van der Waals surface area (Å²) in [6.07, 6.45) is 0.772. The Morgan fingerprint density at radius 2 is 1.92 bits per heavy atom. The van der Waals surface area contributed by atoms with Crippen molar-refractivity contribution in [3.8, 4) is 5.75 Å². The van der Waals surface area contributed by atoms with E-state index in [1.807, 2.05) is 13.8 Å². The minimum absolute atomic E-state index is 0.0361. The molecule has 0 saturated carbocycles. The van der Waals surface area contributed by atoms with E-state index < -0.39 is 11.6 Å². The molecule has 0 saturated heterocycles. The molecule has 1 aromatic rings. The smallest absolute Gasteiger partial charge is 0.341 e. The highest BCUT2D eigenvalue weighted by molar-refractivity contribution is 5.99. The van der Waals surface area contributed by atoms with E-state index in [4.69, 9.17) is 14.2 Å². The summed E-state index contributed by atoms with van der Waals surface area (Å²) < 4.78 is 16.0. The summed E-state index contributed by atoms with van der Waals surface area (Å²) in [5.74, 6) is -0.361. The lowest BCUT2D eigenvalue weighted by atomic mass is 10.1. The zero-order chi connectivity index (χ0) is 18.3. The van der Waals surface area contributed by atoms with Crippen LogP contribution in [-0.4, -0.2) is 37.3 Å². The number of nitrogens with one attached hydrogen (secondary N) is 1. The van der Waals surface area contributed by atoms with Crippen LogP contribution in [0.4, 0.5) is 5.69 Å². The first-order valence-electron chi connectivity index (χ1n) is 8.09. The van der Waals surface area contributed by atoms with E-state index in [9.17, 15) is 9.59 Å². The Labute approximate surface area is 143 Å². The second-order valence-electron chi connectivity index (χ2n) is 5.94. The molecule has 0 bridgehead atoms. The molecule has 0 spiro atoms. The molecular formula is C18H27NO5. The molecule has 0 unspecified atom stereocenters. The lowest BCUT2D eigenvalue weighted by molar-refractivity contribution is -0.133. The Bertz CT molecular complexity index is 583. The van der Waals surface area contributed by atoms with Crippen LogP contribution < -0.4 is 10.1 Å². The van der Waals surface area contributed by atoms with Crippen LogP contribution in [0.15, 0.2) is 18.2 Å². The maximum Gasteiger partial charge on any atom is 0.341 e. The Morgan fingerprint density at radius 1 is 1.25 bits per heavy atom. The molecule has 134 valence electrons. The maximum atomic E-state index is 12.2. The van der Waals surface area contributed by atoms with E-state index in [0.717, 1.165) is 6.42 Å². The molecule has 0 aromatic heterocycles. The summed E-state index contributed by atoms with van der Waals surface area (Å²) in [7, 11) is 1.46. The van der Waals surface area contributed by atoms with Gasteiger partial charge >= 0.3 is 5.97 Å². The van der Waals surface area contributed by atoms with Gasteiger partial charge in [0.05, 0.1) is 12.7 Å². The second kappa shape index (κ2) is 8.68. The minimum atomic E-state index is -0.976. The van der Waals surface area contributed by atoms with Crippen molar-refractivity contribution in [2.24, 2.45) is 0 Å². The minimum Gasteiger partial charge on any atom is -0.490 e. The van der Waals surface area contributed by atoms with Crippen molar-refractivity contribution in [3.05, 3.63) is 23.8 Å². The van der Waals surface area contributed by atoms with Crippen molar-refractivity contribution < 1.29 is 23.8 Å². The number of methoxy groups -OCH3 is 1. The summed E-state index contributed by atoms with van der Waals surface area (Å²) in [6, 6.07) is 4.90. The highest BCUT2D eigenvalue weighted by atomic mass is 16.5. The monoisotopic (exact) mass is 337 g/mol. The molecule has 0 radical (unpaired) electrons. The number of rotatable bonds is 8. The van der Waals surface area contributed by atoms with Gasteiger partial charge in [-0.05, 0) is 52.3 Å². The number of hydrogen-bond donors (Lipinski definition) is 1. The first kappa shape index (κ1) is 20.0. The van der Waals surface area contributed by atoms with Crippen molar-refractivity contribution in [2.45, 2.75) is 52.7 Å². The number of esters is 1. The van der Waals surface area contributed by atoms with Gasteiger partial charge in [0.25, 0.3) is 5.91 Å². The number of benzene rings is 1. The molecule has 1 aromatic carbocycles. The van der Waals surface area contributed by atoms with Crippen LogP contribution >= 0.6 is 0 Å². The standard InChI is InChI=1S/C18H27NO5/c1-7-12(3)24-15-10-9-13(11-14(15)16(20)23-8-2)19-17(21)18(4,5)22-6/h9-12H,7-8H2,1-6H3,(H,19,21)/t12-/m1/s1. The van der Waals surface area contributed by atoms with Gasteiger partial charge in [-0.15, -0.1) is 0 Å². The van der Waals surface area contributed by atoms with E-state index in [0.29, 0.717) is 11.4 Å². The van der Waals surface area contributed by atoms with Gasteiger partial charge in [-0.1, -0.05) is 6.92 Å². The third kappa shape index (κ3) is 5.23. The summed E-state index contributed by atoms with van der Waals surface area (Å²) in [6.45, 7) is 9.24. The van der Waals surface area contributed by atoms with Crippen LogP contribution in [-0.2, 0) is 14.3 Å². The van der Waals surface area contributed by atoms with Gasteiger partial charge in [0, 0.05) is 12.8 Å². The number of anilines is 1. The van der Waals surface area contributed by atoms with E-state index in [2.05, 4.69) is 5.32 Å². The largest absolute Gasteiger partial charge is 0.490 e. The van der Waals surface area contributed by atoms with Gasteiger partial charge in [-0.2, -0.15) is 0 Å². The number of amides is 1. The van der Waals surface area contributed by atoms with Crippen LogP contribution in [0.3, 0.4) is 0 Å². The predicted octanol–water partition coefficient (Wildman–Crippen LogP) is 3.40. The van der Waals surface area contributed by atoms with Gasteiger partial charge in [0.1, 0.15) is 16.9 Å². The van der Waals surface area contributed by atoms with Crippen molar-refractivity contribution in [2.75, 3.05) is 19.0 Å². The topological polar surface area (TPSA) is 73.9 Å². The van der Waals surface area contributed by atoms with Crippen LogP contribution in [0.5, 0.6) is 5.75 Å². The van der Waals surface area contributed by atoms with Crippen LogP contribution in [0, 0.1) is 0 Å². The van der Waals surface area contributed by atoms with Crippen LogP contribution in [0.25, 0.3) is 0 Å². The zero-order valence-corrected chi connectivity index (χ0v) is 15.3. The number of ether oxygens (including phenoxy) is 3. The molecule has 24 heavy (non-hydrogen) atoms. The molecule has 6 heteroatoms. The molecule has 1 rings (SSSR count). The molecule has 6 nitrogen and oxygen atoms in total. The molecule has 1 N–H and O–H groups in total. The van der Waals surface area contributed by atoms with Crippen molar-refractivity contribution in [1.82, 2.24) is 0 Å². The van der Waals surface area contributed by atoms with Crippen molar-refractivity contribution in [3.63, 3.8) is 0 Å². The normalized spacial score (nSPS) is 12.4. The summed E-state index contributed by atoms with van der Waals surface area (Å²) in [4.78, 5) is 24.4. The number of hydrogen-bond acceptors (Lipinski definition) is 5. The molecule has 0 aliphatic heterocycles. The predicted molar refractivity (Wildman–Crippen MR) is 92.5 cm³/mol. The lowest BCUT2D eigenvalue weighted by Crippen LogP contribution is -2.38. The Hall–Kier alpha value is -2.08. The van der Waals surface area contributed by atoms with Gasteiger partial charge in [0.2, 0.25) is 0 Å². The zero-order valence-electron chi connectivity index (χ0n) is 15.3. The summed E-state index contributed by atoms with van der Waals surface area (Å²) >= 11 is 0. The highest BCUT2D eigenvalue weighted by Gasteiger charge is 2.27. The van der Waals surface area contributed by atoms with E-state index in [1.54, 1.807) is 39.0 Å². The third-order valence-corrected chi connectivity index (χ3v) is 3.69. The van der Waals surface area contributed by atoms with Crippen LogP contribution in [0.2, 0.25) is 0 Å². The van der Waals surface area contributed by atoms with Crippen molar-refractivity contribution >= 4 is 17.6 Å². The van der Waals surface area contributed by atoms with Crippen LogP contribution in [0.1, 0.15) is 51.4 Å². The van der Waals surface area contributed by atoms with E-state index in [1.165, 1.54) is 7.11 Å². The molecule has 1 amide bonds. The fraction of sp³-hybridized carbons (Fsp3) is 0.556. The summed E-state index contributed by atoms with van der Waals surface area (Å²) in [5.41, 5.74) is -0.217. The molecule has 1 atom stereocenters. The highest BCUT2D eigenvalue weighted by Crippen LogP contribution is 2.26. The third-order valence-electron chi connectivity index (χ3n) is 3.69. The first-order chi connectivity index (χ1) is 11.2. The van der Waals surface area contributed by atoms with E-state index in [-0.39, 0.29) is 24.2 Å². The molecule has 0 heterocycles. The maximum absolute atomic E-state index is 12.2. The van der Waals surface area contributed by atoms with Gasteiger partial charge in [0.15, 0.2) is 0 Å². The molecule has 0 aliphatic rings. The molecule has 0 aliphatic carbocycles. The Morgan fingerprint density at radius 3 is 2.46 bits per heavy atom. The van der Waals surface area contributed by atoms with E-state index >= 15 is 0 Å². The van der Waals surface area contributed by atoms with Gasteiger partial charge < -0.3 is 19.5 Å². The lowest BCUT2D eigenvalue weighted by Gasteiger charge is -2.22. The molecule has 0 fully saturated rings. The second-order valence-corrected chi connectivity index (χ2v) is 5.94.